The fraction of sp³-hybridized carbons (Fsp3) is 0.429. The first-order valence-corrected chi connectivity index (χ1v) is 7.03. The second-order valence-electron chi connectivity index (χ2n) is 4.50. The van der Waals surface area contributed by atoms with Crippen molar-refractivity contribution in [2.75, 3.05) is 0 Å². The number of carboxylic acid groups (broad SMARTS) is 1. The predicted molar refractivity (Wildman–Crippen MR) is 71.4 cm³/mol. The summed E-state index contributed by atoms with van der Waals surface area (Å²) >= 11 is 1.52. The van der Waals surface area contributed by atoms with Gasteiger partial charge in [0.1, 0.15) is 5.25 Å². The molecule has 0 unspecified atom stereocenters. The summed E-state index contributed by atoms with van der Waals surface area (Å²) in [6, 6.07) is 8.97. The summed E-state index contributed by atoms with van der Waals surface area (Å²) in [5.41, 5.74) is 1.24. The first-order valence-electron chi connectivity index (χ1n) is 6.09. The zero-order valence-corrected chi connectivity index (χ0v) is 10.8. The molecule has 0 saturated heterocycles. The van der Waals surface area contributed by atoms with Crippen molar-refractivity contribution >= 4 is 17.7 Å². The van der Waals surface area contributed by atoms with Crippen LogP contribution in [0.3, 0.4) is 0 Å². The van der Waals surface area contributed by atoms with Crippen LogP contribution in [-0.2, 0) is 4.79 Å². The standard InChI is InChI=1S/C14H15NO2S/c15-9-10-4-3-5-11(8-10)13(14(16)17)18-12-6-1-2-7-12/h3-5,8,12-13H,1-2,6-7H2,(H,16,17)/t13-/m1/s1. The molecule has 0 spiro atoms. The lowest BCUT2D eigenvalue weighted by molar-refractivity contribution is -0.136. The molecule has 1 N–H and O–H groups in total. The lowest BCUT2D eigenvalue weighted by Crippen LogP contribution is -2.12. The molecule has 1 fully saturated rings. The Hall–Kier alpha value is -1.47. The highest BCUT2D eigenvalue weighted by Gasteiger charge is 2.26. The number of rotatable bonds is 4. The number of benzene rings is 1. The highest BCUT2D eigenvalue weighted by Crippen LogP contribution is 2.39. The van der Waals surface area contributed by atoms with Gasteiger partial charge in [-0.3, -0.25) is 4.79 Å². The van der Waals surface area contributed by atoms with E-state index in [0.717, 1.165) is 18.4 Å². The molecule has 18 heavy (non-hydrogen) atoms. The van der Waals surface area contributed by atoms with Crippen LogP contribution in [0.15, 0.2) is 24.3 Å². The molecule has 1 aromatic carbocycles. The second kappa shape index (κ2) is 5.92. The van der Waals surface area contributed by atoms with E-state index in [1.165, 1.54) is 24.6 Å². The quantitative estimate of drug-likeness (QED) is 0.902. The smallest absolute Gasteiger partial charge is 0.321 e. The maximum Gasteiger partial charge on any atom is 0.321 e. The van der Waals surface area contributed by atoms with Crippen molar-refractivity contribution in [1.82, 2.24) is 0 Å². The van der Waals surface area contributed by atoms with Gasteiger partial charge in [0, 0.05) is 5.25 Å². The highest BCUT2D eigenvalue weighted by molar-refractivity contribution is 8.00. The molecule has 0 heterocycles. The minimum atomic E-state index is -0.818. The van der Waals surface area contributed by atoms with E-state index in [-0.39, 0.29) is 0 Å². The Labute approximate surface area is 111 Å². The molecule has 0 aromatic heterocycles. The van der Waals surface area contributed by atoms with Gasteiger partial charge in [-0.2, -0.15) is 5.26 Å². The largest absolute Gasteiger partial charge is 0.480 e. The fourth-order valence-electron chi connectivity index (χ4n) is 2.27. The topological polar surface area (TPSA) is 61.1 Å². The van der Waals surface area contributed by atoms with E-state index in [1.807, 2.05) is 0 Å². The summed E-state index contributed by atoms with van der Waals surface area (Å²) < 4.78 is 0. The molecule has 1 atom stereocenters. The molecule has 0 aliphatic heterocycles. The van der Waals surface area contributed by atoms with Crippen molar-refractivity contribution in [2.24, 2.45) is 0 Å². The Morgan fingerprint density at radius 3 is 2.78 bits per heavy atom. The zero-order chi connectivity index (χ0) is 13.0. The van der Waals surface area contributed by atoms with E-state index in [1.54, 1.807) is 24.3 Å². The summed E-state index contributed by atoms with van der Waals surface area (Å²) in [6.07, 6.45) is 4.60. The number of thioether (sulfide) groups is 1. The van der Waals surface area contributed by atoms with Gasteiger partial charge in [-0.1, -0.05) is 25.0 Å². The summed E-state index contributed by atoms with van der Waals surface area (Å²) in [4.78, 5) is 11.4. The van der Waals surface area contributed by atoms with Gasteiger partial charge in [-0.15, -0.1) is 11.8 Å². The van der Waals surface area contributed by atoms with Crippen LogP contribution in [0.25, 0.3) is 0 Å². The van der Waals surface area contributed by atoms with Crippen LogP contribution in [0.5, 0.6) is 0 Å². The molecular weight excluding hydrogens is 246 g/mol. The van der Waals surface area contributed by atoms with Gasteiger partial charge < -0.3 is 5.11 Å². The normalized spacial score (nSPS) is 17.3. The van der Waals surface area contributed by atoms with Crippen molar-refractivity contribution in [3.63, 3.8) is 0 Å². The van der Waals surface area contributed by atoms with Crippen LogP contribution >= 0.6 is 11.8 Å². The molecule has 1 aliphatic rings. The van der Waals surface area contributed by atoms with Crippen LogP contribution in [0.1, 0.15) is 42.1 Å². The summed E-state index contributed by atoms with van der Waals surface area (Å²) in [6.45, 7) is 0. The molecule has 1 saturated carbocycles. The van der Waals surface area contributed by atoms with Crippen LogP contribution in [0.2, 0.25) is 0 Å². The van der Waals surface area contributed by atoms with Crippen LogP contribution < -0.4 is 0 Å². The van der Waals surface area contributed by atoms with Crippen LogP contribution in [0, 0.1) is 11.3 Å². The number of carboxylic acids is 1. The molecular formula is C14H15NO2S. The molecule has 94 valence electrons. The zero-order valence-electron chi connectivity index (χ0n) is 10.0. The van der Waals surface area contributed by atoms with Crippen molar-refractivity contribution in [1.29, 1.82) is 5.26 Å². The molecule has 3 nitrogen and oxygen atoms in total. The lowest BCUT2D eigenvalue weighted by atomic mass is 10.1. The predicted octanol–water partition coefficient (Wildman–Crippen LogP) is 3.36. The van der Waals surface area contributed by atoms with Crippen LogP contribution in [-0.4, -0.2) is 16.3 Å². The summed E-state index contributed by atoms with van der Waals surface area (Å²) in [5, 5.41) is 18.1. The third kappa shape index (κ3) is 3.05. The van der Waals surface area contributed by atoms with Gasteiger partial charge in [0.2, 0.25) is 0 Å². The average Bonchev–Trinajstić information content (AvgIpc) is 2.88. The van der Waals surface area contributed by atoms with E-state index in [2.05, 4.69) is 6.07 Å². The number of carbonyl (C=O) groups is 1. The number of aliphatic carboxylic acids is 1. The Bertz CT molecular complexity index is 475. The van der Waals surface area contributed by atoms with E-state index in [0.29, 0.717) is 10.8 Å². The number of hydrogen-bond acceptors (Lipinski definition) is 3. The van der Waals surface area contributed by atoms with Gasteiger partial charge in [-0.25, -0.2) is 0 Å². The van der Waals surface area contributed by atoms with E-state index in [9.17, 15) is 9.90 Å². The van der Waals surface area contributed by atoms with Crippen molar-refractivity contribution in [3.05, 3.63) is 35.4 Å². The van der Waals surface area contributed by atoms with Crippen molar-refractivity contribution < 1.29 is 9.90 Å². The first kappa shape index (κ1) is 13.0. The Morgan fingerprint density at radius 1 is 1.44 bits per heavy atom. The van der Waals surface area contributed by atoms with Gasteiger partial charge in [0.15, 0.2) is 0 Å². The van der Waals surface area contributed by atoms with Gasteiger partial charge >= 0.3 is 5.97 Å². The molecule has 1 aliphatic carbocycles. The number of hydrogen-bond donors (Lipinski definition) is 1. The van der Waals surface area contributed by atoms with Gasteiger partial charge in [-0.05, 0) is 30.5 Å². The lowest BCUT2D eigenvalue weighted by Gasteiger charge is -2.17. The Kier molecular flexibility index (Phi) is 4.27. The fourth-order valence-corrected chi connectivity index (χ4v) is 3.68. The Morgan fingerprint density at radius 2 is 2.17 bits per heavy atom. The summed E-state index contributed by atoms with van der Waals surface area (Å²) in [5.74, 6) is -0.818. The van der Waals surface area contributed by atoms with Gasteiger partial charge in [0.05, 0.1) is 11.6 Å². The maximum atomic E-state index is 11.4. The summed E-state index contributed by atoms with van der Waals surface area (Å²) in [7, 11) is 0. The number of nitriles is 1. The van der Waals surface area contributed by atoms with E-state index < -0.39 is 11.2 Å². The van der Waals surface area contributed by atoms with E-state index >= 15 is 0 Å². The van der Waals surface area contributed by atoms with Crippen molar-refractivity contribution in [2.45, 2.75) is 36.2 Å². The molecule has 2 rings (SSSR count). The van der Waals surface area contributed by atoms with E-state index in [4.69, 9.17) is 5.26 Å². The second-order valence-corrected chi connectivity index (χ2v) is 5.91. The third-order valence-corrected chi connectivity index (χ3v) is 4.78. The Balaban J connectivity index is 2.18. The minimum Gasteiger partial charge on any atom is -0.480 e. The first-order chi connectivity index (χ1) is 8.70. The minimum absolute atomic E-state index is 0.442. The maximum absolute atomic E-state index is 11.4. The highest BCUT2D eigenvalue weighted by atomic mass is 32.2. The molecule has 1 aromatic rings. The van der Waals surface area contributed by atoms with Gasteiger partial charge in [0.25, 0.3) is 0 Å². The number of nitrogens with zero attached hydrogens (tertiary/aromatic N) is 1. The molecule has 0 amide bonds. The van der Waals surface area contributed by atoms with Crippen molar-refractivity contribution in [3.8, 4) is 6.07 Å². The average molecular weight is 261 g/mol. The van der Waals surface area contributed by atoms with Crippen LogP contribution in [0.4, 0.5) is 0 Å². The monoisotopic (exact) mass is 261 g/mol. The molecule has 0 radical (unpaired) electrons. The third-order valence-electron chi connectivity index (χ3n) is 3.17. The molecule has 4 heteroatoms. The molecule has 0 bridgehead atoms. The SMILES string of the molecule is N#Cc1cccc([C@@H](SC2CCCC2)C(=O)O)c1.